The number of hydrogen-bond acceptors (Lipinski definition) is 2. The van der Waals surface area contributed by atoms with E-state index >= 15 is 0 Å². The first kappa shape index (κ1) is 8.96. The lowest BCUT2D eigenvalue weighted by Gasteiger charge is -2.19. The van der Waals surface area contributed by atoms with E-state index < -0.39 is 10.2 Å². The largest absolute Gasteiger partial charge is 0.281 e. The van der Waals surface area contributed by atoms with Crippen molar-refractivity contribution in [3.63, 3.8) is 0 Å². The Balaban J connectivity index is 2.72. The lowest BCUT2D eigenvalue weighted by Crippen LogP contribution is -2.37. The molecule has 11 heavy (non-hydrogen) atoms. The van der Waals surface area contributed by atoms with Gasteiger partial charge in [0.2, 0.25) is 0 Å². The SMILES string of the molecule is CN(C)S(=O)(=O)N1C[CH]CC1. The molecule has 0 saturated carbocycles. The maximum Gasteiger partial charge on any atom is 0.281 e. The Hall–Kier alpha value is -0.130. The Morgan fingerprint density at radius 3 is 2.45 bits per heavy atom. The van der Waals surface area contributed by atoms with Gasteiger partial charge in [-0.15, -0.1) is 0 Å². The topological polar surface area (TPSA) is 40.6 Å². The van der Waals surface area contributed by atoms with Gasteiger partial charge < -0.3 is 0 Å². The number of rotatable bonds is 2. The third-order valence-corrected chi connectivity index (χ3v) is 3.61. The second-order valence-corrected chi connectivity index (χ2v) is 4.87. The first-order valence-electron chi connectivity index (χ1n) is 3.54. The summed E-state index contributed by atoms with van der Waals surface area (Å²) in [6, 6.07) is 0. The third kappa shape index (κ3) is 1.72. The zero-order valence-corrected chi connectivity index (χ0v) is 7.63. The summed E-state index contributed by atoms with van der Waals surface area (Å²) < 4.78 is 25.4. The summed E-state index contributed by atoms with van der Waals surface area (Å²) >= 11 is 0. The van der Waals surface area contributed by atoms with E-state index in [9.17, 15) is 8.42 Å². The fraction of sp³-hybridized carbons (Fsp3) is 0.833. The Bertz CT molecular complexity index is 217. The van der Waals surface area contributed by atoms with E-state index in [0.717, 1.165) is 6.42 Å². The molecule has 0 atom stereocenters. The van der Waals surface area contributed by atoms with Crippen molar-refractivity contribution in [2.24, 2.45) is 0 Å². The Labute approximate surface area is 68.0 Å². The van der Waals surface area contributed by atoms with Gasteiger partial charge in [0.05, 0.1) is 0 Å². The van der Waals surface area contributed by atoms with E-state index in [0.29, 0.717) is 13.1 Å². The predicted molar refractivity (Wildman–Crippen MR) is 43.1 cm³/mol. The molecule has 5 heteroatoms. The van der Waals surface area contributed by atoms with Gasteiger partial charge in [-0.2, -0.15) is 17.0 Å². The van der Waals surface area contributed by atoms with E-state index in [2.05, 4.69) is 0 Å². The molecule has 0 bridgehead atoms. The summed E-state index contributed by atoms with van der Waals surface area (Å²) in [5, 5.41) is 0. The van der Waals surface area contributed by atoms with Crippen LogP contribution in [0.1, 0.15) is 6.42 Å². The van der Waals surface area contributed by atoms with Crippen LogP contribution in [0, 0.1) is 6.42 Å². The van der Waals surface area contributed by atoms with Gasteiger partial charge in [-0.25, -0.2) is 0 Å². The van der Waals surface area contributed by atoms with E-state index in [4.69, 9.17) is 0 Å². The minimum atomic E-state index is -3.14. The van der Waals surface area contributed by atoms with Gasteiger partial charge in [-0.3, -0.25) is 0 Å². The van der Waals surface area contributed by atoms with Gasteiger partial charge in [0, 0.05) is 27.2 Å². The van der Waals surface area contributed by atoms with Crippen LogP contribution >= 0.6 is 0 Å². The predicted octanol–water partition coefficient (Wildman–Crippen LogP) is -0.297. The Morgan fingerprint density at radius 1 is 1.45 bits per heavy atom. The average Bonchev–Trinajstić information content (AvgIpc) is 2.37. The molecule has 1 aliphatic rings. The minimum Gasteiger partial charge on any atom is -0.195 e. The Morgan fingerprint density at radius 2 is 2.09 bits per heavy atom. The van der Waals surface area contributed by atoms with Crippen LogP contribution in [0.4, 0.5) is 0 Å². The molecular weight excluding hydrogens is 164 g/mol. The summed E-state index contributed by atoms with van der Waals surface area (Å²) in [4.78, 5) is 0. The number of nitrogens with zero attached hydrogens (tertiary/aromatic N) is 2. The standard InChI is InChI=1S/C6H13N2O2S/c1-7(2)11(9,10)8-5-3-4-6-8/h3H,4-6H2,1-2H3. The highest BCUT2D eigenvalue weighted by molar-refractivity contribution is 7.86. The van der Waals surface area contributed by atoms with Gasteiger partial charge in [0.1, 0.15) is 0 Å². The molecule has 1 rings (SSSR count). The summed E-state index contributed by atoms with van der Waals surface area (Å²) in [7, 11) is -0.0427. The van der Waals surface area contributed by atoms with E-state index in [1.807, 2.05) is 6.42 Å². The summed E-state index contributed by atoms with van der Waals surface area (Å²) in [6.07, 6.45) is 2.84. The molecule has 0 aliphatic carbocycles. The number of hydrogen-bond donors (Lipinski definition) is 0. The molecule has 1 fully saturated rings. The van der Waals surface area contributed by atoms with Crippen molar-refractivity contribution in [1.82, 2.24) is 8.61 Å². The molecule has 0 aromatic heterocycles. The highest BCUT2D eigenvalue weighted by atomic mass is 32.2. The van der Waals surface area contributed by atoms with E-state index in [1.54, 1.807) is 14.1 Å². The average molecular weight is 177 g/mol. The third-order valence-electron chi connectivity index (χ3n) is 1.70. The highest BCUT2D eigenvalue weighted by Gasteiger charge is 2.26. The van der Waals surface area contributed by atoms with Crippen molar-refractivity contribution in [3.8, 4) is 0 Å². The van der Waals surface area contributed by atoms with Crippen LogP contribution in [-0.4, -0.2) is 44.2 Å². The second-order valence-electron chi connectivity index (χ2n) is 2.73. The van der Waals surface area contributed by atoms with Crippen LogP contribution in [0.2, 0.25) is 0 Å². The molecule has 0 unspecified atom stereocenters. The summed E-state index contributed by atoms with van der Waals surface area (Å²) in [6.45, 7) is 1.18. The molecule has 0 spiro atoms. The quantitative estimate of drug-likeness (QED) is 0.581. The van der Waals surface area contributed by atoms with Crippen LogP contribution < -0.4 is 0 Å². The fourth-order valence-corrected chi connectivity index (χ4v) is 2.09. The van der Waals surface area contributed by atoms with Gasteiger partial charge in [-0.05, 0) is 12.8 Å². The van der Waals surface area contributed by atoms with E-state index in [-0.39, 0.29) is 0 Å². The molecule has 0 aromatic carbocycles. The van der Waals surface area contributed by atoms with Gasteiger partial charge in [0.25, 0.3) is 10.2 Å². The lowest BCUT2D eigenvalue weighted by atomic mass is 10.4. The van der Waals surface area contributed by atoms with Crippen LogP contribution in [-0.2, 0) is 10.2 Å². The van der Waals surface area contributed by atoms with Crippen molar-refractivity contribution in [1.29, 1.82) is 0 Å². The molecule has 1 heterocycles. The monoisotopic (exact) mass is 177 g/mol. The molecule has 0 aromatic rings. The van der Waals surface area contributed by atoms with Gasteiger partial charge >= 0.3 is 0 Å². The normalized spacial score (nSPS) is 21.4. The van der Waals surface area contributed by atoms with Crippen molar-refractivity contribution < 1.29 is 8.42 Å². The summed E-state index contributed by atoms with van der Waals surface area (Å²) in [5.74, 6) is 0. The van der Waals surface area contributed by atoms with Crippen LogP contribution in [0.25, 0.3) is 0 Å². The highest BCUT2D eigenvalue weighted by Crippen LogP contribution is 2.12. The molecule has 0 N–H and O–H groups in total. The van der Waals surface area contributed by atoms with Crippen molar-refractivity contribution in [2.45, 2.75) is 6.42 Å². The molecule has 65 valence electrons. The van der Waals surface area contributed by atoms with Crippen molar-refractivity contribution in [3.05, 3.63) is 6.42 Å². The first-order valence-corrected chi connectivity index (χ1v) is 4.94. The zero-order chi connectivity index (χ0) is 8.48. The smallest absolute Gasteiger partial charge is 0.195 e. The maximum atomic E-state index is 11.4. The fourth-order valence-electron chi connectivity index (χ4n) is 1.00. The molecular formula is C6H13N2O2S. The van der Waals surface area contributed by atoms with Crippen LogP contribution in [0.5, 0.6) is 0 Å². The van der Waals surface area contributed by atoms with Crippen molar-refractivity contribution >= 4 is 10.2 Å². The molecule has 0 amide bonds. The summed E-state index contributed by atoms with van der Waals surface area (Å²) in [5.41, 5.74) is 0. The molecule has 1 aliphatic heterocycles. The van der Waals surface area contributed by atoms with E-state index in [1.165, 1.54) is 8.61 Å². The van der Waals surface area contributed by atoms with Gasteiger partial charge in [-0.1, -0.05) is 0 Å². The molecule has 4 nitrogen and oxygen atoms in total. The van der Waals surface area contributed by atoms with Crippen LogP contribution in [0.15, 0.2) is 0 Å². The molecule has 1 radical (unpaired) electrons. The maximum absolute atomic E-state index is 11.4. The molecule has 1 saturated heterocycles. The lowest BCUT2D eigenvalue weighted by molar-refractivity contribution is 0.424. The second kappa shape index (κ2) is 3.08. The zero-order valence-electron chi connectivity index (χ0n) is 6.82. The van der Waals surface area contributed by atoms with Crippen LogP contribution in [0.3, 0.4) is 0 Å². The minimum absolute atomic E-state index is 0.556. The van der Waals surface area contributed by atoms with Gasteiger partial charge in [0.15, 0.2) is 0 Å². The Kier molecular flexibility index (Phi) is 2.51. The first-order chi connectivity index (χ1) is 5.05. The van der Waals surface area contributed by atoms with Crippen molar-refractivity contribution in [2.75, 3.05) is 27.2 Å².